The van der Waals surface area contributed by atoms with Gasteiger partial charge < -0.3 is 9.88 Å². The molecule has 0 radical (unpaired) electrons. The summed E-state index contributed by atoms with van der Waals surface area (Å²) < 4.78 is 3.09. The van der Waals surface area contributed by atoms with Gasteiger partial charge in [0.15, 0.2) is 0 Å². The lowest BCUT2D eigenvalue weighted by molar-refractivity contribution is 0.531. The Morgan fingerprint density at radius 2 is 2.44 bits per heavy atom. The van der Waals surface area contributed by atoms with Gasteiger partial charge in [0, 0.05) is 22.9 Å². The monoisotopic (exact) mass is 300 g/mol. The molecule has 1 atom stereocenters. The summed E-state index contributed by atoms with van der Waals surface area (Å²) in [5, 5.41) is 13.5. The molecule has 0 saturated carbocycles. The van der Waals surface area contributed by atoms with Crippen LogP contribution in [-0.4, -0.2) is 14.8 Å². The zero-order valence-corrected chi connectivity index (χ0v) is 11.5. The largest absolute Gasteiger partial charge is 0.319 e. The van der Waals surface area contributed by atoms with Crippen LogP contribution in [0.2, 0.25) is 0 Å². The fourth-order valence-corrected chi connectivity index (χ4v) is 2.92. The fourth-order valence-electron chi connectivity index (χ4n) is 1.47. The van der Waals surface area contributed by atoms with E-state index in [1.54, 1.807) is 17.7 Å². The van der Waals surface area contributed by atoms with Crippen LogP contribution in [0.3, 0.4) is 0 Å². The summed E-state index contributed by atoms with van der Waals surface area (Å²) >= 11 is 5.26. The first-order valence-corrected chi connectivity index (χ1v) is 6.65. The van der Waals surface area contributed by atoms with Gasteiger partial charge in [0.2, 0.25) is 0 Å². The minimum absolute atomic E-state index is 0.196. The maximum atomic E-state index is 4.08. The summed E-state index contributed by atoms with van der Waals surface area (Å²) in [4.78, 5) is 1.30. The summed E-state index contributed by atoms with van der Waals surface area (Å²) in [6.07, 6.45) is 1.72. The lowest BCUT2D eigenvalue weighted by atomic mass is 10.3. The van der Waals surface area contributed by atoms with E-state index in [1.165, 1.54) is 4.88 Å². The Kier molecular flexibility index (Phi) is 3.73. The summed E-state index contributed by atoms with van der Waals surface area (Å²) in [5.74, 6) is 0.952. The van der Waals surface area contributed by atoms with Crippen LogP contribution >= 0.6 is 27.3 Å². The summed E-state index contributed by atoms with van der Waals surface area (Å²) in [6, 6.07) is 2.26. The third-order valence-corrected chi connectivity index (χ3v) is 4.32. The van der Waals surface area contributed by atoms with Gasteiger partial charge in [-0.3, -0.25) is 0 Å². The predicted octanol–water partition coefficient (Wildman–Crippen LogP) is 2.49. The van der Waals surface area contributed by atoms with Gasteiger partial charge in [-0.25, -0.2) is 0 Å². The van der Waals surface area contributed by atoms with Crippen LogP contribution in [0.4, 0.5) is 0 Å². The number of nitrogens with one attached hydrogen (secondary N) is 1. The first kappa shape index (κ1) is 11.8. The van der Waals surface area contributed by atoms with Crippen LogP contribution in [-0.2, 0) is 13.6 Å². The third kappa shape index (κ3) is 2.50. The molecule has 1 N–H and O–H groups in total. The van der Waals surface area contributed by atoms with E-state index >= 15 is 0 Å². The Balaban J connectivity index is 1.97. The fraction of sp³-hybridized carbons (Fsp3) is 0.400. The minimum atomic E-state index is 0.196. The maximum absolute atomic E-state index is 4.08. The average Bonchev–Trinajstić information content (AvgIpc) is 2.84. The van der Waals surface area contributed by atoms with Crippen molar-refractivity contribution in [2.24, 2.45) is 7.05 Å². The van der Waals surface area contributed by atoms with Crippen molar-refractivity contribution in [3.63, 3.8) is 0 Å². The minimum Gasteiger partial charge on any atom is -0.319 e. The van der Waals surface area contributed by atoms with Crippen molar-refractivity contribution in [1.82, 2.24) is 20.1 Å². The highest BCUT2D eigenvalue weighted by molar-refractivity contribution is 9.10. The summed E-state index contributed by atoms with van der Waals surface area (Å²) in [6.45, 7) is 2.93. The summed E-state index contributed by atoms with van der Waals surface area (Å²) in [5.41, 5.74) is 0. The van der Waals surface area contributed by atoms with Crippen molar-refractivity contribution >= 4 is 27.3 Å². The lowest BCUT2D eigenvalue weighted by Crippen LogP contribution is -2.20. The van der Waals surface area contributed by atoms with Crippen LogP contribution in [0.5, 0.6) is 0 Å². The molecule has 0 aliphatic heterocycles. The Labute approximate surface area is 107 Å². The Bertz CT molecular complexity index is 465. The highest BCUT2D eigenvalue weighted by Gasteiger charge is 2.11. The molecule has 0 fully saturated rings. The number of aromatic nitrogens is 3. The molecule has 86 valence electrons. The normalized spacial score (nSPS) is 12.9. The van der Waals surface area contributed by atoms with Gasteiger partial charge in [0.25, 0.3) is 0 Å². The van der Waals surface area contributed by atoms with E-state index in [9.17, 15) is 0 Å². The van der Waals surface area contributed by atoms with E-state index in [2.05, 4.69) is 49.8 Å². The van der Waals surface area contributed by atoms with E-state index in [-0.39, 0.29) is 6.04 Å². The molecule has 0 bridgehead atoms. The third-order valence-electron chi connectivity index (χ3n) is 2.39. The topological polar surface area (TPSA) is 42.7 Å². The van der Waals surface area contributed by atoms with Crippen molar-refractivity contribution in [2.75, 3.05) is 0 Å². The number of hydrogen-bond donors (Lipinski definition) is 1. The standard InChI is InChI=1S/C10H13BrN4S/c1-7(10-14-13-6-15(10)2)12-5-9-8(11)3-4-16-9/h3-4,6-7,12H,5H2,1-2H3. The quantitative estimate of drug-likeness (QED) is 0.943. The van der Waals surface area contributed by atoms with Gasteiger partial charge in [0.1, 0.15) is 12.2 Å². The molecule has 6 heteroatoms. The first-order valence-electron chi connectivity index (χ1n) is 4.97. The van der Waals surface area contributed by atoms with Crippen LogP contribution in [0.15, 0.2) is 22.2 Å². The van der Waals surface area contributed by atoms with Crippen molar-refractivity contribution in [2.45, 2.75) is 19.5 Å². The number of thiophene rings is 1. The molecule has 0 saturated heterocycles. The second-order valence-corrected chi connectivity index (χ2v) is 5.45. The number of rotatable bonds is 4. The lowest BCUT2D eigenvalue weighted by Gasteiger charge is -2.12. The van der Waals surface area contributed by atoms with E-state index in [0.29, 0.717) is 0 Å². The van der Waals surface area contributed by atoms with Gasteiger partial charge >= 0.3 is 0 Å². The molecular weight excluding hydrogens is 288 g/mol. The van der Waals surface area contributed by atoms with Crippen molar-refractivity contribution in [3.8, 4) is 0 Å². The number of nitrogens with zero attached hydrogens (tertiary/aromatic N) is 3. The molecular formula is C10H13BrN4S. The van der Waals surface area contributed by atoms with Gasteiger partial charge in [-0.2, -0.15) is 0 Å². The number of hydrogen-bond acceptors (Lipinski definition) is 4. The molecule has 16 heavy (non-hydrogen) atoms. The molecule has 1 unspecified atom stereocenters. The molecule has 0 aliphatic rings. The second-order valence-electron chi connectivity index (χ2n) is 3.59. The van der Waals surface area contributed by atoms with Gasteiger partial charge in [-0.05, 0) is 34.3 Å². The van der Waals surface area contributed by atoms with Crippen molar-refractivity contribution in [1.29, 1.82) is 0 Å². The van der Waals surface area contributed by atoms with Crippen LogP contribution in [0, 0.1) is 0 Å². The first-order chi connectivity index (χ1) is 7.68. The zero-order chi connectivity index (χ0) is 11.5. The van der Waals surface area contributed by atoms with Crippen molar-refractivity contribution < 1.29 is 0 Å². The molecule has 2 heterocycles. The molecule has 2 aromatic rings. The summed E-state index contributed by atoms with van der Waals surface area (Å²) in [7, 11) is 1.95. The van der Waals surface area contributed by atoms with Gasteiger partial charge in [-0.1, -0.05) is 0 Å². The highest BCUT2D eigenvalue weighted by Crippen LogP contribution is 2.23. The molecule has 0 spiro atoms. The van der Waals surface area contributed by atoms with Crippen LogP contribution < -0.4 is 5.32 Å². The Morgan fingerprint density at radius 3 is 3.00 bits per heavy atom. The molecule has 2 aromatic heterocycles. The Hall–Kier alpha value is -0.720. The predicted molar refractivity (Wildman–Crippen MR) is 68.3 cm³/mol. The van der Waals surface area contributed by atoms with Gasteiger partial charge in [0.05, 0.1) is 6.04 Å². The number of aryl methyl sites for hydroxylation is 1. The molecule has 2 rings (SSSR count). The van der Waals surface area contributed by atoms with Crippen LogP contribution in [0.1, 0.15) is 23.7 Å². The smallest absolute Gasteiger partial charge is 0.149 e. The second kappa shape index (κ2) is 5.07. The van der Waals surface area contributed by atoms with Crippen LogP contribution in [0.25, 0.3) is 0 Å². The molecule has 4 nitrogen and oxygen atoms in total. The van der Waals surface area contributed by atoms with E-state index in [1.807, 2.05) is 11.6 Å². The van der Waals surface area contributed by atoms with Gasteiger partial charge in [-0.15, -0.1) is 21.5 Å². The van der Waals surface area contributed by atoms with E-state index in [4.69, 9.17) is 0 Å². The molecule has 0 amide bonds. The van der Waals surface area contributed by atoms with E-state index in [0.717, 1.165) is 16.8 Å². The zero-order valence-electron chi connectivity index (χ0n) is 9.14. The number of halogens is 1. The maximum Gasteiger partial charge on any atom is 0.149 e. The molecule has 0 aromatic carbocycles. The average molecular weight is 301 g/mol. The Morgan fingerprint density at radius 1 is 1.62 bits per heavy atom. The van der Waals surface area contributed by atoms with E-state index < -0.39 is 0 Å². The van der Waals surface area contributed by atoms with Crippen molar-refractivity contribution in [3.05, 3.63) is 32.9 Å². The molecule has 0 aliphatic carbocycles. The SMILES string of the molecule is CC(NCc1sccc1Br)c1nncn1C. The highest BCUT2D eigenvalue weighted by atomic mass is 79.9.